The Hall–Kier alpha value is -2.49. The molecule has 0 bridgehead atoms. The van der Waals surface area contributed by atoms with Crippen molar-refractivity contribution in [1.29, 1.82) is 0 Å². The van der Waals surface area contributed by atoms with Crippen molar-refractivity contribution in [3.05, 3.63) is 59.2 Å². The molecule has 0 fully saturated rings. The first-order valence-corrected chi connectivity index (χ1v) is 8.72. The summed E-state index contributed by atoms with van der Waals surface area (Å²) in [6, 6.07) is 14.8. The molecule has 25 heavy (non-hydrogen) atoms. The molecular formula is C21H26N2O2. The van der Waals surface area contributed by atoms with Crippen molar-refractivity contribution in [3.63, 3.8) is 0 Å². The Balaban J connectivity index is 1.75. The summed E-state index contributed by atoms with van der Waals surface area (Å²) in [7, 11) is 1.41. The van der Waals surface area contributed by atoms with Gasteiger partial charge in [0.05, 0.1) is 24.5 Å². The van der Waals surface area contributed by atoms with E-state index in [-0.39, 0.29) is 17.4 Å². The first-order valence-electron chi connectivity index (χ1n) is 8.72. The minimum Gasteiger partial charge on any atom is -0.469 e. The number of rotatable bonds is 5. The molecule has 2 aromatic carbocycles. The van der Waals surface area contributed by atoms with Gasteiger partial charge >= 0.3 is 5.97 Å². The lowest BCUT2D eigenvalue weighted by Gasteiger charge is -2.21. The highest BCUT2D eigenvalue weighted by molar-refractivity contribution is 5.71. The lowest BCUT2D eigenvalue weighted by molar-refractivity contribution is -0.140. The van der Waals surface area contributed by atoms with E-state index in [0.717, 1.165) is 17.7 Å². The first kappa shape index (κ1) is 17.3. The fourth-order valence-corrected chi connectivity index (χ4v) is 3.71. The number of hydrogen-bond donors (Lipinski definition) is 2. The maximum Gasteiger partial charge on any atom is 0.305 e. The number of fused-ring (bicyclic) bond motifs is 1. The molecule has 132 valence electrons. The van der Waals surface area contributed by atoms with Gasteiger partial charge in [0.25, 0.3) is 0 Å². The van der Waals surface area contributed by atoms with Crippen LogP contribution in [0.15, 0.2) is 42.5 Å². The predicted octanol–water partition coefficient (Wildman–Crippen LogP) is 4.21. The molecule has 1 atom stereocenters. The van der Waals surface area contributed by atoms with Gasteiger partial charge in [-0.25, -0.2) is 0 Å². The van der Waals surface area contributed by atoms with E-state index in [2.05, 4.69) is 48.2 Å². The quantitative estimate of drug-likeness (QED) is 0.633. The molecule has 0 saturated carbocycles. The van der Waals surface area contributed by atoms with Crippen molar-refractivity contribution >= 4 is 17.3 Å². The summed E-state index contributed by atoms with van der Waals surface area (Å²) in [4.78, 5) is 11.3. The topological polar surface area (TPSA) is 64.3 Å². The lowest BCUT2D eigenvalue weighted by atomic mass is 9.86. The molecule has 1 unspecified atom stereocenters. The molecule has 0 radical (unpaired) electrons. The molecular weight excluding hydrogens is 312 g/mol. The fraction of sp³-hybridized carbons (Fsp3) is 0.381. The Bertz CT molecular complexity index is 783. The van der Waals surface area contributed by atoms with Crippen molar-refractivity contribution in [3.8, 4) is 0 Å². The molecule has 3 N–H and O–H groups in total. The van der Waals surface area contributed by atoms with Crippen LogP contribution in [0.2, 0.25) is 0 Å². The molecule has 0 aliphatic heterocycles. The van der Waals surface area contributed by atoms with Crippen LogP contribution in [0.4, 0.5) is 11.4 Å². The highest BCUT2D eigenvalue weighted by Crippen LogP contribution is 2.46. The van der Waals surface area contributed by atoms with Crippen LogP contribution >= 0.6 is 0 Å². The SMILES string of the molecule is COC(=O)CCc1ccc(NC2CC(C)(C)c3ccccc32)c(N)c1. The zero-order chi connectivity index (χ0) is 18.0. The highest BCUT2D eigenvalue weighted by atomic mass is 16.5. The van der Waals surface area contributed by atoms with E-state index in [1.807, 2.05) is 18.2 Å². The summed E-state index contributed by atoms with van der Waals surface area (Å²) in [6.45, 7) is 4.57. The number of carbonyl (C=O) groups excluding carboxylic acids is 1. The van der Waals surface area contributed by atoms with Gasteiger partial charge in [-0.05, 0) is 47.1 Å². The first-order chi connectivity index (χ1) is 11.9. The number of benzene rings is 2. The Morgan fingerprint density at radius 1 is 1.28 bits per heavy atom. The maximum absolute atomic E-state index is 11.3. The van der Waals surface area contributed by atoms with Gasteiger partial charge in [-0.3, -0.25) is 4.79 Å². The summed E-state index contributed by atoms with van der Waals surface area (Å²) in [5.74, 6) is -0.203. The van der Waals surface area contributed by atoms with Crippen molar-refractivity contribution in [2.75, 3.05) is 18.2 Å². The highest BCUT2D eigenvalue weighted by Gasteiger charge is 2.36. The zero-order valence-corrected chi connectivity index (χ0v) is 15.1. The minimum absolute atomic E-state index is 0.156. The second kappa shape index (κ2) is 6.79. The van der Waals surface area contributed by atoms with Crippen LogP contribution in [0.25, 0.3) is 0 Å². The van der Waals surface area contributed by atoms with Crippen molar-refractivity contribution in [2.24, 2.45) is 0 Å². The van der Waals surface area contributed by atoms with Crippen molar-refractivity contribution < 1.29 is 9.53 Å². The van der Waals surface area contributed by atoms with E-state index in [4.69, 9.17) is 5.73 Å². The monoisotopic (exact) mass is 338 g/mol. The second-order valence-corrected chi connectivity index (χ2v) is 7.37. The van der Waals surface area contributed by atoms with Crippen LogP contribution in [0.1, 0.15) is 49.4 Å². The van der Waals surface area contributed by atoms with Gasteiger partial charge in [0.2, 0.25) is 0 Å². The molecule has 0 amide bonds. The number of esters is 1. The van der Waals surface area contributed by atoms with Gasteiger partial charge in [-0.15, -0.1) is 0 Å². The van der Waals surface area contributed by atoms with Gasteiger partial charge in [0.1, 0.15) is 0 Å². The largest absolute Gasteiger partial charge is 0.469 e. The number of ether oxygens (including phenoxy) is 1. The van der Waals surface area contributed by atoms with E-state index < -0.39 is 0 Å². The third-order valence-corrected chi connectivity index (χ3v) is 5.07. The van der Waals surface area contributed by atoms with Crippen LogP contribution < -0.4 is 11.1 Å². The van der Waals surface area contributed by atoms with Gasteiger partial charge in [0.15, 0.2) is 0 Å². The Morgan fingerprint density at radius 2 is 2.04 bits per heavy atom. The standard InChI is InChI=1S/C21H26N2O2/c1-21(2)13-19(15-6-4-5-7-16(15)21)23-18-10-8-14(12-17(18)22)9-11-20(24)25-3/h4-8,10,12,19,23H,9,11,13,22H2,1-3H3. The fourth-order valence-electron chi connectivity index (χ4n) is 3.71. The van der Waals surface area contributed by atoms with Gasteiger partial charge in [0, 0.05) is 6.42 Å². The summed E-state index contributed by atoms with van der Waals surface area (Å²) in [5, 5.41) is 3.61. The van der Waals surface area contributed by atoms with Crippen molar-refractivity contribution in [2.45, 2.75) is 44.6 Å². The Labute approximate surface area is 149 Å². The molecule has 0 saturated heterocycles. The third-order valence-electron chi connectivity index (χ3n) is 5.07. The molecule has 4 heteroatoms. The van der Waals surface area contributed by atoms with E-state index in [0.29, 0.717) is 18.5 Å². The lowest BCUT2D eigenvalue weighted by Crippen LogP contribution is -2.15. The van der Waals surface area contributed by atoms with E-state index in [9.17, 15) is 4.79 Å². The molecule has 2 aromatic rings. The van der Waals surface area contributed by atoms with E-state index in [1.54, 1.807) is 0 Å². The number of nitrogen functional groups attached to an aromatic ring is 1. The van der Waals surface area contributed by atoms with Gasteiger partial charge in [-0.2, -0.15) is 0 Å². The average Bonchev–Trinajstić information content (AvgIpc) is 2.86. The zero-order valence-electron chi connectivity index (χ0n) is 15.1. The molecule has 0 heterocycles. The van der Waals surface area contributed by atoms with Crippen LogP contribution in [0.5, 0.6) is 0 Å². The summed E-state index contributed by atoms with van der Waals surface area (Å²) in [6.07, 6.45) is 2.04. The smallest absolute Gasteiger partial charge is 0.305 e. The van der Waals surface area contributed by atoms with Gasteiger partial charge in [-0.1, -0.05) is 44.2 Å². The number of aryl methyl sites for hydroxylation is 1. The number of nitrogens with one attached hydrogen (secondary N) is 1. The molecule has 1 aliphatic carbocycles. The van der Waals surface area contributed by atoms with E-state index in [1.165, 1.54) is 18.2 Å². The molecule has 0 aromatic heterocycles. The molecule has 3 rings (SSSR count). The summed E-state index contributed by atoms with van der Waals surface area (Å²) in [5.41, 5.74) is 11.9. The average molecular weight is 338 g/mol. The number of methoxy groups -OCH3 is 1. The predicted molar refractivity (Wildman–Crippen MR) is 102 cm³/mol. The summed E-state index contributed by atoms with van der Waals surface area (Å²) >= 11 is 0. The molecule has 1 aliphatic rings. The molecule has 0 spiro atoms. The molecule has 4 nitrogen and oxygen atoms in total. The minimum atomic E-state index is -0.203. The van der Waals surface area contributed by atoms with Crippen LogP contribution in [0, 0.1) is 0 Å². The second-order valence-electron chi connectivity index (χ2n) is 7.37. The van der Waals surface area contributed by atoms with Crippen LogP contribution in [-0.4, -0.2) is 13.1 Å². The summed E-state index contributed by atoms with van der Waals surface area (Å²) < 4.78 is 4.68. The normalized spacial score (nSPS) is 17.8. The Morgan fingerprint density at radius 3 is 2.76 bits per heavy atom. The maximum atomic E-state index is 11.3. The van der Waals surface area contributed by atoms with Crippen molar-refractivity contribution in [1.82, 2.24) is 0 Å². The van der Waals surface area contributed by atoms with Crippen LogP contribution in [-0.2, 0) is 21.4 Å². The number of anilines is 2. The number of nitrogens with two attached hydrogens (primary N) is 1. The number of hydrogen-bond acceptors (Lipinski definition) is 4. The van der Waals surface area contributed by atoms with E-state index >= 15 is 0 Å². The third kappa shape index (κ3) is 3.63. The van der Waals surface area contributed by atoms with Crippen LogP contribution in [0.3, 0.4) is 0 Å². The van der Waals surface area contributed by atoms with Gasteiger partial charge < -0.3 is 15.8 Å². The Kier molecular flexibility index (Phi) is 4.71. The number of carbonyl (C=O) groups is 1.